The lowest BCUT2D eigenvalue weighted by molar-refractivity contribution is -0.385. The third-order valence-electron chi connectivity index (χ3n) is 2.99. The van der Waals surface area contributed by atoms with Gasteiger partial charge in [0.1, 0.15) is 11.3 Å². The van der Waals surface area contributed by atoms with Gasteiger partial charge in [-0.05, 0) is 18.8 Å². The van der Waals surface area contributed by atoms with Crippen LogP contribution in [0.2, 0.25) is 5.15 Å². The second kappa shape index (κ2) is 4.89. The van der Waals surface area contributed by atoms with Gasteiger partial charge in [0.2, 0.25) is 0 Å². The molecule has 1 aliphatic rings. The van der Waals surface area contributed by atoms with Crippen LogP contribution in [0.3, 0.4) is 0 Å². The number of aromatic nitrogens is 1. The van der Waals surface area contributed by atoms with Crippen LogP contribution in [0.5, 0.6) is 0 Å². The Balaban J connectivity index is 2.13. The van der Waals surface area contributed by atoms with Crippen molar-refractivity contribution < 1.29 is 9.72 Å². The molecule has 0 aliphatic heterocycles. The number of amides is 1. The summed E-state index contributed by atoms with van der Waals surface area (Å²) in [5, 5.41) is 13.4. The maximum Gasteiger partial charge on any atom is 0.288 e. The highest BCUT2D eigenvalue weighted by Gasteiger charge is 2.28. The van der Waals surface area contributed by atoms with Crippen molar-refractivity contribution in [1.82, 2.24) is 10.3 Å². The molecule has 0 unspecified atom stereocenters. The summed E-state index contributed by atoms with van der Waals surface area (Å²) in [6, 6.07) is 1.27. The highest BCUT2D eigenvalue weighted by atomic mass is 35.5. The Morgan fingerprint density at radius 2 is 2.28 bits per heavy atom. The standard InChI is InChI=1S/C11H12ClN3O3/c1-6-2-7(3-6)14-11(16)9-4-8(15(17)18)5-13-10(9)12/h4-7H,2-3H2,1H3,(H,14,16). The lowest BCUT2D eigenvalue weighted by Gasteiger charge is -2.33. The molecule has 1 aliphatic carbocycles. The number of pyridine rings is 1. The van der Waals surface area contributed by atoms with E-state index in [1.54, 1.807) is 0 Å². The topological polar surface area (TPSA) is 85.1 Å². The highest BCUT2D eigenvalue weighted by Crippen LogP contribution is 2.27. The van der Waals surface area contributed by atoms with Crippen molar-refractivity contribution >= 4 is 23.2 Å². The van der Waals surface area contributed by atoms with Crippen molar-refractivity contribution in [2.24, 2.45) is 5.92 Å². The molecule has 1 fully saturated rings. The molecule has 0 radical (unpaired) electrons. The van der Waals surface area contributed by atoms with Gasteiger partial charge in [-0.1, -0.05) is 18.5 Å². The van der Waals surface area contributed by atoms with E-state index < -0.39 is 10.8 Å². The third-order valence-corrected chi connectivity index (χ3v) is 3.29. The van der Waals surface area contributed by atoms with E-state index in [0.29, 0.717) is 5.92 Å². The monoisotopic (exact) mass is 269 g/mol. The normalized spacial score (nSPS) is 22.1. The van der Waals surface area contributed by atoms with E-state index in [-0.39, 0.29) is 22.4 Å². The zero-order valence-electron chi connectivity index (χ0n) is 9.72. The average molecular weight is 270 g/mol. The molecule has 1 heterocycles. The van der Waals surface area contributed by atoms with Gasteiger partial charge >= 0.3 is 0 Å². The zero-order chi connectivity index (χ0) is 13.3. The average Bonchev–Trinajstić information content (AvgIpc) is 2.27. The second-order valence-electron chi connectivity index (χ2n) is 4.54. The maximum atomic E-state index is 11.9. The van der Waals surface area contributed by atoms with E-state index in [9.17, 15) is 14.9 Å². The quantitative estimate of drug-likeness (QED) is 0.518. The number of hydrogen-bond acceptors (Lipinski definition) is 4. The minimum absolute atomic E-state index is 0.0227. The predicted octanol–water partition coefficient (Wildman–Crippen LogP) is 2.17. The van der Waals surface area contributed by atoms with Crippen molar-refractivity contribution in [1.29, 1.82) is 0 Å². The van der Waals surface area contributed by atoms with Gasteiger partial charge in [0, 0.05) is 12.1 Å². The fourth-order valence-electron chi connectivity index (χ4n) is 1.98. The lowest BCUT2D eigenvalue weighted by atomic mass is 9.82. The summed E-state index contributed by atoms with van der Waals surface area (Å²) in [6.45, 7) is 2.10. The van der Waals surface area contributed by atoms with Crippen LogP contribution in [0, 0.1) is 16.0 Å². The van der Waals surface area contributed by atoms with Gasteiger partial charge in [-0.15, -0.1) is 0 Å². The van der Waals surface area contributed by atoms with Gasteiger partial charge in [-0.2, -0.15) is 0 Å². The van der Waals surface area contributed by atoms with Crippen molar-refractivity contribution in [3.05, 3.63) is 33.1 Å². The fraction of sp³-hybridized carbons (Fsp3) is 0.455. The number of carbonyl (C=O) groups excluding carboxylic acids is 1. The van der Waals surface area contributed by atoms with Gasteiger partial charge < -0.3 is 5.32 Å². The second-order valence-corrected chi connectivity index (χ2v) is 4.89. The largest absolute Gasteiger partial charge is 0.349 e. The van der Waals surface area contributed by atoms with E-state index in [4.69, 9.17) is 11.6 Å². The molecule has 6 nitrogen and oxygen atoms in total. The van der Waals surface area contributed by atoms with E-state index in [0.717, 1.165) is 25.1 Å². The predicted molar refractivity (Wildman–Crippen MR) is 65.6 cm³/mol. The van der Waals surface area contributed by atoms with Gasteiger partial charge in [0.25, 0.3) is 11.6 Å². The molecule has 0 saturated heterocycles. The van der Waals surface area contributed by atoms with Crippen LogP contribution < -0.4 is 5.32 Å². The van der Waals surface area contributed by atoms with Crippen LogP contribution in [0.25, 0.3) is 0 Å². The first-order valence-electron chi connectivity index (χ1n) is 5.58. The number of rotatable bonds is 3. The number of halogens is 1. The number of hydrogen-bond donors (Lipinski definition) is 1. The van der Waals surface area contributed by atoms with E-state index in [2.05, 4.69) is 17.2 Å². The van der Waals surface area contributed by atoms with E-state index in [1.807, 2.05) is 0 Å². The van der Waals surface area contributed by atoms with Crippen LogP contribution >= 0.6 is 11.6 Å². The number of carbonyl (C=O) groups is 1. The van der Waals surface area contributed by atoms with Crippen molar-refractivity contribution in [3.8, 4) is 0 Å². The summed E-state index contributed by atoms with van der Waals surface area (Å²) in [6.07, 6.45) is 2.88. The highest BCUT2D eigenvalue weighted by molar-refractivity contribution is 6.32. The molecule has 96 valence electrons. The van der Waals surface area contributed by atoms with Crippen molar-refractivity contribution in [2.75, 3.05) is 0 Å². The first-order valence-corrected chi connectivity index (χ1v) is 5.96. The Morgan fingerprint density at radius 3 is 2.83 bits per heavy atom. The summed E-state index contributed by atoms with van der Waals surface area (Å²) in [5.41, 5.74) is -0.197. The maximum absolute atomic E-state index is 11.9. The molecule has 7 heteroatoms. The Hall–Kier alpha value is -1.69. The lowest BCUT2D eigenvalue weighted by Crippen LogP contribution is -2.43. The number of nitrogens with one attached hydrogen (secondary N) is 1. The molecule has 1 saturated carbocycles. The molecule has 0 bridgehead atoms. The molecular weight excluding hydrogens is 258 g/mol. The first kappa shape index (κ1) is 12.8. The van der Waals surface area contributed by atoms with Crippen LogP contribution in [0.1, 0.15) is 30.1 Å². The smallest absolute Gasteiger partial charge is 0.288 e. The zero-order valence-corrected chi connectivity index (χ0v) is 10.5. The van der Waals surface area contributed by atoms with E-state index >= 15 is 0 Å². The molecule has 1 amide bonds. The Labute approximate surface area is 109 Å². The van der Waals surface area contributed by atoms with Gasteiger partial charge in [-0.3, -0.25) is 14.9 Å². The molecular formula is C11H12ClN3O3. The van der Waals surface area contributed by atoms with Crippen LogP contribution in [-0.4, -0.2) is 21.9 Å². The van der Waals surface area contributed by atoms with Gasteiger partial charge in [-0.25, -0.2) is 4.98 Å². The summed E-state index contributed by atoms with van der Waals surface area (Å²) in [5.74, 6) is 0.196. The Morgan fingerprint density at radius 1 is 1.61 bits per heavy atom. The minimum atomic E-state index is -0.606. The van der Waals surface area contributed by atoms with Crippen molar-refractivity contribution in [3.63, 3.8) is 0 Å². The SMILES string of the molecule is CC1CC(NC(=O)c2cc([N+](=O)[O-])cnc2Cl)C1. The van der Waals surface area contributed by atoms with Crippen LogP contribution in [0.4, 0.5) is 5.69 Å². The molecule has 18 heavy (non-hydrogen) atoms. The number of nitrogens with zero attached hydrogens (tertiary/aromatic N) is 2. The Bertz CT molecular complexity index is 500. The molecule has 0 atom stereocenters. The van der Waals surface area contributed by atoms with Crippen LogP contribution in [0.15, 0.2) is 12.3 Å². The molecule has 0 spiro atoms. The molecule has 1 aromatic heterocycles. The molecule has 1 N–H and O–H groups in total. The molecule has 2 rings (SSSR count). The van der Waals surface area contributed by atoms with Crippen molar-refractivity contribution in [2.45, 2.75) is 25.8 Å². The summed E-state index contributed by atoms with van der Waals surface area (Å²) < 4.78 is 0. The third kappa shape index (κ3) is 2.59. The van der Waals surface area contributed by atoms with Gasteiger partial charge in [0.15, 0.2) is 0 Å². The Kier molecular flexibility index (Phi) is 3.47. The molecule has 0 aromatic carbocycles. The van der Waals surface area contributed by atoms with Gasteiger partial charge in [0.05, 0.1) is 10.5 Å². The fourth-order valence-corrected chi connectivity index (χ4v) is 2.17. The summed E-state index contributed by atoms with van der Waals surface area (Å²) in [7, 11) is 0. The number of nitro groups is 1. The summed E-state index contributed by atoms with van der Waals surface area (Å²) >= 11 is 5.77. The molecule has 1 aromatic rings. The first-order chi connectivity index (χ1) is 8.47. The summed E-state index contributed by atoms with van der Waals surface area (Å²) in [4.78, 5) is 25.5. The minimum Gasteiger partial charge on any atom is -0.349 e. The van der Waals surface area contributed by atoms with Crippen LogP contribution in [-0.2, 0) is 0 Å². The van der Waals surface area contributed by atoms with E-state index in [1.165, 1.54) is 0 Å².